The number of carbonyl (C=O) groups excluding carboxylic acids is 3. The van der Waals surface area contributed by atoms with Crippen LogP contribution in [-0.4, -0.2) is 34.2 Å². The van der Waals surface area contributed by atoms with Gasteiger partial charge in [0.2, 0.25) is 0 Å². The Balaban J connectivity index is 1.65. The molecule has 0 fully saturated rings. The van der Waals surface area contributed by atoms with Crippen LogP contribution < -0.4 is 16.6 Å². The van der Waals surface area contributed by atoms with Gasteiger partial charge in [-0.1, -0.05) is 18.2 Å². The smallest absolute Gasteiger partial charge is 0.312 e. The molecule has 3 N–H and O–H groups in total. The van der Waals surface area contributed by atoms with E-state index in [1.165, 1.54) is 13.1 Å². The lowest BCUT2D eigenvalue weighted by molar-refractivity contribution is -0.146. The van der Waals surface area contributed by atoms with Crippen LogP contribution in [0.3, 0.4) is 0 Å². The van der Waals surface area contributed by atoms with Gasteiger partial charge < -0.3 is 15.8 Å². The van der Waals surface area contributed by atoms with Gasteiger partial charge in [0.05, 0.1) is 23.1 Å². The highest BCUT2D eigenvalue weighted by molar-refractivity contribution is 7.14. The van der Waals surface area contributed by atoms with Crippen LogP contribution in [0, 0.1) is 0 Å². The Morgan fingerprint density at radius 1 is 1.21 bits per heavy atom. The van der Waals surface area contributed by atoms with E-state index >= 15 is 0 Å². The maximum absolute atomic E-state index is 12.1. The fourth-order valence-electron chi connectivity index (χ4n) is 2.60. The summed E-state index contributed by atoms with van der Waals surface area (Å²) in [4.78, 5) is 47.5. The molecule has 9 nitrogen and oxygen atoms in total. The first-order chi connectivity index (χ1) is 13.4. The quantitative estimate of drug-likeness (QED) is 0.589. The Labute approximate surface area is 162 Å². The third kappa shape index (κ3) is 4.07. The van der Waals surface area contributed by atoms with Crippen LogP contribution in [0.25, 0.3) is 10.8 Å². The van der Waals surface area contributed by atoms with Crippen molar-refractivity contribution in [2.45, 2.75) is 6.42 Å². The number of nitrogens with one attached hydrogen (secondary N) is 1. The highest BCUT2D eigenvalue weighted by atomic mass is 32.1. The molecule has 2 heterocycles. The number of carbonyl (C=O) groups is 3. The molecule has 3 rings (SSSR count). The highest BCUT2D eigenvalue weighted by Gasteiger charge is 2.16. The Hall–Kier alpha value is -3.53. The number of benzene rings is 1. The van der Waals surface area contributed by atoms with Crippen LogP contribution in [0.1, 0.15) is 16.1 Å². The predicted octanol–water partition coefficient (Wildman–Crippen LogP) is 0.818. The molecule has 3 aromatic rings. The number of rotatable bonds is 6. The van der Waals surface area contributed by atoms with Gasteiger partial charge in [-0.25, -0.2) is 4.68 Å². The maximum atomic E-state index is 12.1. The first-order valence-electron chi connectivity index (χ1n) is 8.14. The van der Waals surface area contributed by atoms with E-state index in [1.54, 1.807) is 29.6 Å². The zero-order chi connectivity index (χ0) is 20.3. The molecule has 0 aliphatic carbocycles. The monoisotopic (exact) mass is 400 g/mol. The molecule has 2 aromatic heterocycles. The van der Waals surface area contributed by atoms with E-state index in [0.717, 1.165) is 16.0 Å². The number of nitrogens with zero attached hydrogens (tertiary/aromatic N) is 2. The number of primary amides is 1. The minimum atomic E-state index is -0.673. The lowest BCUT2D eigenvalue weighted by atomic mass is 10.1. The largest absolute Gasteiger partial charge is 0.455 e. The van der Waals surface area contributed by atoms with Crippen LogP contribution in [0.5, 0.6) is 0 Å². The molecule has 144 valence electrons. The first-order valence-corrected chi connectivity index (χ1v) is 9.02. The van der Waals surface area contributed by atoms with E-state index in [4.69, 9.17) is 10.5 Å². The second-order valence-corrected chi connectivity index (χ2v) is 6.75. The van der Waals surface area contributed by atoms with Gasteiger partial charge in [-0.15, -0.1) is 11.3 Å². The molecule has 0 unspecified atom stereocenters. The fraction of sp³-hybridized carbons (Fsp3) is 0.167. The Kier molecular flexibility index (Phi) is 5.50. The number of hydrogen-bond donors (Lipinski definition) is 2. The second kappa shape index (κ2) is 8.01. The normalized spacial score (nSPS) is 10.6. The number of hydrogen-bond acceptors (Lipinski definition) is 7. The average molecular weight is 400 g/mol. The number of amides is 2. The van der Waals surface area contributed by atoms with Crippen molar-refractivity contribution < 1.29 is 19.1 Å². The van der Waals surface area contributed by atoms with Crippen LogP contribution in [-0.2, 0) is 27.8 Å². The summed E-state index contributed by atoms with van der Waals surface area (Å²) in [6.45, 7) is -0.529. The topological polar surface area (TPSA) is 133 Å². The minimum absolute atomic E-state index is 0.186. The van der Waals surface area contributed by atoms with Crippen LogP contribution in [0.4, 0.5) is 5.00 Å². The molecule has 0 saturated heterocycles. The summed E-state index contributed by atoms with van der Waals surface area (Å²) in [6.07, 6.45) is -0.201. The number of anilines is 1. The van der Waals surface area contributed by atoms with E-state index in [1.807, 2.05) is 0 Å². The van der Waals surface area contributed by atoms with Crippen LogP contribution in [0.15, 0.2) is 40.5 Å². The number of aromatic nitrogens is 2. The number of ether oxygens (including phenoxy) is 1. The van der Waals surface area contributed by atoms with Crippen molar-refractivity contribution in [2.24, 2.45) is 12.8 Å². The van der Waals surface area contributed by atoms with E-state index in [0.29, 0.717) is 21.5 Å². The van der Waals surface area contributed by atoms with Crippen molar-refractivity contribution in [3.8, 4) is 0 Å². The minimum Gasteiger partial charge on any atom is -0.455 e. The molecule has 0 bridgehead atoms. The summed E-state index contributed by atoms with van der Waals surface area (Å²) in [6, 6.07) is 8.30. The molecule has 0 saturated carbocycles. The fourth-order valence-corrected chi connectivity index (χ4v) is 3.41. The van der Waals surface area contributed by atoms with Gasteiger partial charge in [0, 0.05) is 12.4 Å². The molecule has 0 aliphatic rings. The van der Waals surface area contributed by atoms with Crippen molar-refractivity contribution in [1.82, 2.24) is 9.78 Å². The molecule has 2 amide bonds. The highest BCUT2D eigenvalue weighted by Crippen LogP contribution is 2.22. The SMILES string of the molecule is Cn1nc(CC(=O)OCC(=O)Nc2sccc2C(N)=O)c2ccccc2c1=O. The molecular weight excluding hydrogens is 384 g/mol. The Morgan fingerprint density at radius 2 is 1.93 bits per heavy atom. The summed E-state index contributed by atoms with van der Waals surface area (Å²) in [5, 5.41) is 9.49. The lowest BCUT2D eigenvalue weighted by Crippen LogP contribution is -2.25. The summed E-state index contributed by atoms with van der Waals surface area (Å²) in [7, 11) is 1.49. The lowest BCUT2D eigenvalue weighted by Gasteiger charge is -2.09. The van der Waals surface area contributed by atoms with Gasteiger partial charge in [0.15, 0.2) is 6.61 Å². The Morgan fingerprint density at radius 3 is 2.64 bits per heavy atom. The van der Waals surface area contributed by atoms with Crippen LogP contribution >= 0.6 is 11.3 Å². The summed E-state index contributed by atoms with van der Waals surface area (Å²) >= 11 is 1.13. The molecule has 0 spiro atoms. The number of nitrogens with two attached hydrogens (primary N) is 1. The molecule has 1 aromatic carbocycles. The number of aryl methyl sites for hydroxylation is 1. The van der Waals surface area contributed by atoms with E-state index in [-0.39, 0.29) is 17.5 Å². The number of esters is 1. The zero-order valence-electron chi connectivity index (χ0n) is 14.8. The van der Waals surface area contributed by atoms with Crippen molar-refractivity contribution in [3.05, 3.63) is 57.3 Å². The van der Waals surface area contributed by atoms with Crippen LogP contribution in [0.2, 0.25) is 0 Å². The predicted molar refractivity (Wildman–Crippen MR) is 103 cm³/mol. The summed E-state index contributed by atoms with van der Waals surface area (Å²) < 4.78 is 6.14. The van der Waals surface area contributed by atoms with Gasteiger partial charge in [0.25, 0.3) is 17.4 Å². The van der Waals surface area contributed by atoms with Gasteiger partial charge >= 0.3 is 5.97 Å². The zero-order valence-corrected chi connectivity index (χ0v) is 15.6. The van der Waals surface area contributed by atoms with Crippen molar-refractivity contribution in [3.63, 3.8) is 0 Å². The third-order valence-corrected chi connectivity index (χ3v) is 4.72. The Bertz CT molecular complexity index is 1130. The van der Waals surface area contributed by atoms with Crippen molar-refractivity contribution >= 4 is 44.9 Å². The summed E-state index contributed by atoms with van der Waals surface area (Å²) in [5.41, 5.74) is 5.50. The van der Waals surface area contributed by atoms with Gasteiger partial charge in [0.1, 0.15) is 5.00 Å². The molecular formula is C18H16N4O5S. The van der Waals surface area contributed by atoms with E-state index < -0.39 is 24.4 Å². The first kappa shape index (κ1) is 19.2. The van der Waals surface area contributed by atoms with Gasteiger partial charge in [-0.05, 0) is 17.5 Å². The molecule has 0 aliphatic heterocycles. The number of thiophene rings is 1. The molecule has 0 atom stereocenters. The average Bonchev–Trinajstić information content (AvgIpc) is 3.12. The number of fused-ring (bicyclic) bond motifs is 1. The van der Waals surface area contributed by atoms with E-state index in [2.05, 4.69) is 10.4 Å². The molecule has 28 heavy (non-hydrogen) atoms. The molecule has 0 radical (unpaired) electrons. The standard InChI is InChI=1S/C18H16N4O5S/c1-22-18(26)11-5-3-2-4-10(11)13(21-22)8-15(24)27-9-14(23)20-17-12(16(19)25)6-7-28-17/h2-7H,8-9H2,1H3,(H2,19,25)(H,20,23). The maximum Gasteiger partial charge on any atom is 0.312 e. The molecule has 10 heteroatoms. The van der Waals surface area contributed by atoms with Crippen molar-refractivity contribution in [2.75, 3.05) is 11.9 Å². The summed E-state index contributed by atoms with van der Waals surface area (Å²) in [5.74, 6) is -1.94. The van der Waals surface area contributed by atoms with Gasteiger partial charge in [-0.2, -0.15) is 5.10 Å². The van der Waals surface area contributed by atoms with E-state index in [9.17, 15) is 19.2 Å². The van der Waals surface area contributed by atoms with Gasteiger partial charge in [-0.3, -0.25) is 19.2 Å². The third-order valence-electron chi connectivity index (χ3n) is 3.89. The van der Waals surface area contributed by atoms with Crippen molar-refractivity contribution in [1.29, 1.82) is 0 Å². The second-order valence-electron chi connectivity index (χ2n) is 5.83.